The molecule has 0 atom stereocenters. The minimum Gasteiger partial charge on any atom is -0.411 e. The van der Waals surface area contributed by atoms with Crippen molar-refractivity contribution >= 4 is 12.4 Å². The summed E-state index contributed by atoms with van der Waals surface area (Å²) >= 11 is 0. The Bertz CT molecular complexity index is 440. The van der Waals surface area contributed by atoms with Crippen LogP contribution < -0.4 is 0 Å². The Hall–Kier alpha value is -2.11. The van der Waals surface area contributed by atoms with Crippen LogP contribution in [-0.4, -0.2) is 22.8 Å². The quantitative estimate of drug-likeness (QED) is 0.508. The molecule has 5 heteroatoms. The minimum absolute atomic E-state index is 0. The van der Waals surface area contributed by atoms with Gasteiger partial charge >= 0.3 is 0 Å². The molecule has 0 heterocycles. The van der Waals surface area contributed by atoms with Crippen molar-refractivity contribution in [3.05, 3.63) is 60.7 Å². The number of oxime groups is 2. The average Bonchev–Trinajstić information content (AvgIpc) is 2.48. The summed E-state index contributed by atoms with van der Waals surface area (Å²) in [7, 11) is 0. The van der Waals surface area contributed by atoms with Crippen LogP contribution >= 0.6 is 0 Å². The van der Waals surface area contributed by atoms with Gasteiger partial charge in [-0.1, -0.05) is 71.0 Å². The zero-order valence-electron chi connectivity index (χ0n) is 10.1. The molecule has 0 spiro atoms. The molecule has 0 saturated carbocycles. The fourth-order valence-corrected chi connectivity index (χ4v) is 1.32. The van der Waals surface area contributed by atoms with E-state index in [2.05, 4.69) is 58.8 Å². The second kappa shape index (κ2) is 11.0. The van der Waals surface area contributed by atoms with Crippen molar-refractivity contribution in [2.24, 2.45) is 10.3 Å². The SMILES string of the molecule is O/N=C\C=N/O.[Co].c1ccc(-c2ccccc2)cc1. The van der Waals surface area contributed by atoms with Gasteiger partial charge in [0.2, 0.25) is 0 Å². The third-order valence-electron chi connectivity index (χ3n) is 2.08. The van der Waals surface area contributed by atoms with Crippen LogP contribution in [0.25, 0.3) is 11.1 Å². The second-order valence-corrected chi connectivity index (χ2v) is 3.26. The molecule has 0 aliphatic carbocycles. The molecule has 101 valence electrons. The number of rotatable bonds is 2. The molecule has 0 saturated heterocycles. The Labute approximate surface area is 122 Å². The molecule has 0 fully saturated rings. The zero-order valence-corrected chi connectivity index (χ0v) is 11.1. The van der Waals surface area contributed by atoms with Crippen LogP contribution in [0, 0.1) is 0 Å². The minimum atomic E-state index is 0. The van der Waals surface area contributed by atoms with Crippen LogP contribution in [0.15, 0.2) is 71.0 Å². The zero-order chi connectivity index (χ0) is 13.1. The molecule has 2 N–H and O–H groups in total. The predicted octanol–water partition coefficient (Wildman–Crippen LogP) is 3.26. The number of nitrogens with zero attached hydrogens (tertiary/aromatic N) is 2. The normalized spacial score (nSPS) is 9.68. The van der Waals surface area contributed by atoms with Crippen molar-refractivity contribution in [2.45, 2.75) is 0 Å². The maximum absolute atomic E-state index is 7.56. The molecular formula is C14H14CoN2O2. The molecule has 2 rings (SSSR count). The van der Waals surface area contributed by atoms with Gasteiger partial charge in [0, 0.05) is 16.8 Å². The van der Waals surface area contributed by atoms with E-state index in [0.717, 1.165) is 12.4 Å². The fraction of sp³-hybridized carbons (Fsp3) is 0. The van der Waals surface area contributed by atoms with E-state index >= 15 is 0 Å². The van der Waals surface area contributed by atoms with E-state index in [0.29, 0.717) is 0 Å². The number of benzene rings is 2. The van der Waals surface area contributed by atoms with Crippen LogP contribution in [0.4, 0.5) is 0 Å². The van der Waals surface area contributed by atoms with Gasteiger partial charge in [-0.15, -0.1) is 0 Å². The standard InChI is InChI=1S/C12H10.C2H4N2O2.Co/c1-3-7-11(8-4-1)12-9-5-2-6-10-12;5-3-1-2-4-6;/h1-10H;1-2,5-6H;/b;3-1-,4-2-;. The van der Waals surface area contributed by atoms with E-state index in [1.165, 1.54) is 11.1 Å². The first-order chi connectivity index (χ1) is 8.88. The Morgan fingerprint density at radius 1 is 0.632 bits per heavy atom. The first-order valence-corrected chi connectivity index (χ1v) is 5.32. The summed E-state index contributed by atoms with van der Waals surface area (Å²) in [6.45, 7) is 0. The Kier molecular flexibility index (Phi) is 9.78. The van der Waals surface area contributed by atoms with Gasteiger partial charge in [-0.2, -0.15) is 0 Å². The summed E-state index contributed by atoms with van der Waals surface area (Å²) in [5.41, 5.74) is 2.55. The summed E-state index contributed by atoms with van der Waals surface area (Å²) in [4.78, 5) is 0. The van der Waals surface area contributed by atoms with Crippen LogP contribution in [0.2, 0.25) is 0 Å². The molecule has 0 aliphatic heterocycles. The maximum atomic E-state index is 7.56. The molecule has 0 unspecified atom stereocenters. The third kappa shape index (κ3) is 7.02. The molecule has 19 heavy (non-hydrogen) atoms. The van der Waals surface area contributed by atoms with Crippen molar-refractivity contribution in [1.29, 1.82) is 0 Å². The molecule has 0 bridgehead atoms. The van der Waals surface area contributed by atoms with Gasteiger partial charge in [-0.25, -0.2) is 0 Å². The van der Waals surface area contributed by atoms with Crippen molar-refractivity contribution in [3.8, 4) is 11.1 Å². The summed E-state index contributed by atoms with van der Waals surface area (Å²) in [6, 6.07) is 20.8. The molecule has 4 nitrogen and oxygen atoms in total. The third-order valence-corrected chi connectivity index (χ3v) is 2.08. The van der Waals surface area contributed by atoms with Crippen molar-refractivity contribution in [3.63, 3.8) is 0 Å². The van der Waals surface area contributed by atoms with E-state index in [9.17, 15) is 0 Å². The molecule has 2 aromatic rings. The Balaban J connectivity index is 0.000000404. The monoisotopic (exact) mass is 301 g/mol. The largest absolute Gasteiger partial charge is 0.411 e. The van der Waals surface area contributed by atoms with E-state index in [4.69, 9.17) is 10.4 Å². The van der Waals surface area contributed by atoms with E-state index in [1.54, 1.807) is 0 Å². The van der Waals surface area contributed by atoms with Crippen molar-refractivity contribution in [2.75, 3.05) is 0 Å². The molecule has 2 aromatic carbocycles. The molecule has 1 radical (unpaired) electrons. The van der Waals surface area contributed by atoms with Crippen LogP contribution in [-0.2, 0) is 16.8 Å². The van der Waals surface area contributed by atoms with Gasteiger partial charge in [0.05, 0.1) is 12.4 Å². The predicted molar refractivity (Wildman–Crippen MR) is 72.4 cm³/mol. The second-order valence-electron chi connectivity index (χ2n) is 3.26. The molecule has 0 amide bonds. The van der Waals surface area contributed by atoms with Gasteiger partial charge in [0.15, 0.2) is 0 Å². The first kappa shape index (κ1) is 16.9. The summed E-state index contributed by atoms with van der Waals surface area (Å²) in [5.74, 6) is 0. The fourth-order valence-electron chi connectivity index (χ4n) is 1.32. The van der Waals surface area contributed by atoms with E-state index in [-0.39, 0.29) is 16.8 Å². The van der Waals surface area contributed by atoms with Crippen LogP contribution in [0.1, 0.15) is 0 Å². The number of hydrogen-bond donors (Lipinski definition) is 2. The van der Waals surface area contributed by atoms with E-state index < -0.39 is 0 Å². The Morgan fingerprint density at radius 2 is 0.947 bits per heavy atom. The van der Waals surface area contributed by atoms with Crippen molar-refractivity contribution < 1.29 is 27.2 Å². The topological polar surface area (TPSA) is 65.2 Å². The van der Waals surface area contributed by atoms with E-state index in [1.807, 2.05) is 12.1 Å². The number of hydrogen-bond acceptors (Lipinski definition) is 4. The average molecular weight is 301 g/mol. The first-order valence-electron chi connectivity index (χ1n) is 5.32. The molecule has 0 aromatic heterocycles. The summed E-state index contributed by atoms with van der Waals surface area (Å²) < 4.78 is 0. The smallest absolute Gasteiger partial charge is 0.0877 e. The van der Waals surface area contributed by atoms with Gasteiger partial charge in [-0.05, 0) is 11.1 Å². The van der Waals surface area contributed by atoms with Crippen LogP contribution in [0.5, 0.6) is 0 Å². The Morgan fingerprint density at radius 3 is 1.21 bits per heavy atom. The van der Waals surface area contributed by atoms with Gasteiger partial charge < -0.3 is 10.4 Å². The van der Waals surface area contributed by atoms with Crippen LogP contribution in [0.3, 0.4) is 0 Å². The van der Waals surface area contributed by atoms with Gasteiger partial charge in [-0.3, -0.25) is 0 Å². The van der Waals surface area contributed by atoms with Gasteiger partial charge in [0.1, 0.15) is 0 Å². The molecular weight excluding hydrogens is 287 g/mol. The maximum Gasteiger partial charge on any atom is 0.0877 e. The summed E-state index contributed by atoms with van der Waals surface area (Å²) in [6.07, 6.45) is 1.89. The summed E-state index contributed by atoms with van der Waals surface area (Å²) in [5, 5.41) is 20.1. The van der Waals surface area contributed by atoms with Crippen molar-refractivity contribution in [1.82, 2.24) is 0 Å². The van der Waals surface area contributed by atoms with Gasteiger partial charge in [0.25, 0.3) is 0 Å². The molecule has 0 aliphatic rings.